The second-order valence-electron chi connectivity index (χ2n) is 6.65. The fraction of sp³-hybridized carbons (Fsp3) is 0.409. The maximum absolute atomic E-state index is 12.0. The molecule has 0 aliphatic carbocycles. The molecule has 3 atom stereocenters. The number of carbonyl (C=O) groups excluding carboxylic acids is 1. The first-order chi connectivity index (χ1) is 13.2. The van der Waals surface area contributed by atoms with Gasteiger partial charge < -0.3 is 18.9 Å². The molecule has 144 valence electrons. The van der Waals surface area contributed by atoms with E-state index >= 15 is 0 Å². The molecule has 2 aromatic carbocycles. The van der Waals surface area contributed by atoms with Crippen LogP contribution >= 0.6 is 0 Å². The molecule has 3 rings (SSSR count). The molecule has 1 fully saturated rings. The topological polar surface area (TPSA) is 54.0 Å². The molecule has 1 heterocycles. The van der Waals surface area contributed by atoms with Gasteiger partial charge in [0.15, 0.2) is 0 Å². The third-order valence-electron chi connectivity index (χ3n) is 4.85. The molecule has 1 aliphatic heterocycles. The van der Waals surface area contributed by atoms with E-state index in [0.29, 0.717) is 13.0 Å². The molecule has 1 unspecified atom stereocenters. The second-order valence-corrected chi connectivity index (χ2v) is 6.65. The summed E-state index contributed by atoms with van der Waals surface area (Å²) in [4.78, 5) is 12.0. The van der Waals surface area contributed by atoms with Crippen molar-refractivity contribution < 1.29 is 23.7 Å². The number of hydrogen-bond donors (Lipinski definition) is 0. The van der Waals surface area contributed by atoms with Gasteiger partial charge in [-0.3, -0.25) is 4.79 Å². The van der Waals surface area contributed by atoms with E-state index in [4.69, 9.17) is 18.9 Å². The standard InChI is InChI=1S/C22H26O5/c1-24-18-11-8-17(9-12-18)15-26-22-19(27-21(23)14-20(22)25-2)13-10-16-6-4-3-5-7-16/h3-9,11-12,19-20,22H,10,13-15H2,1-2H3/t19-,20?,22+/m1/s1. The number of cyclic esters (lactones) is 1. The Bertz CT molecular complexity index is 713. The molecule has 0 bridgehead atoms. The average Bonchev–Trinajstić information content (AvgIpc) is 2.72. The molecule has 2 aromatic rings. The lowest BCUT2D eigenvalue weighted by Crippen LogP contribution is -2.49. The minimum Gasteiger partial charge on any atom is -0.497 e. The van der Waals surface area contributed by atoms with E-state index < -0.39 is 0 Å². The van der Waals surface area contributed by atoms with Gasteiger partial charge in [0.2, 0.25) is 0 Å². The zero-order valence-electron chi connectivity index (χ0n) is 15.8. The molecule has 27 heavy (non-hydrogen) atoms. The molecular formula is C22H26O5. The molecule has 0 N–H and O–H groups in total. The van der Waals surface area contributed by atoms with Crippen molar-refractivity contribution >= 4 is 5.97 Å². The zero-order chi connectivity index (χ0) is 19.1. The highest BCUT2D eigenvalue weighted by Crippen LogP contribution is 2.26. The third kappa shape index (κ3) is 5.31. The van der Waals surface area contributed by atoms with Crippen molar-refractivity contribution in [3.05, 3.63) is 65.7 Å². The molecule has 5 nitrogen and oxygen atoms in total. The number of aryl methyl sites for hydroxylation is 1. The van der Waals surface area contributed by atoms with Gasteiger partial charge in [-0.05, 0) is 36.1 Å². The van der Waals surface area contributed by atoms with Crippen molar-refractivity contribution in [1.82, 2.24) is 0 Å². The van der Waals surface area contributed by atoms with Crippen LogP contribution in [-0.4, -0.2) is 38.5 Å². The fourth-order valence-corrected chi connectivity index (χ4v) is 3.33. The normalized spacial score (nSPS) is 22.3. The molecule has 0 saturated carbocycles. The minimum absolute atomic E-state index is 0.214. The Balaban J connectivity index is 1.65. The molecule has 1 saturated heterocycles. The smallest absolute Gasteiger partial charge is 0.308 e. The molecule has 0 aromatic heterocycles. The maximum atomic E-state index is 12.0. The van der Waals surface area contributed by atoms with E-state index in [1.165, 1.54) is 5.56 Å². The van der Waals surface area contributed by atoms with Gasteiger partial charge in [-0.1, -0.05) is 42.5 Å². The van der Waals surface area contributed by atoms with E-state index in [-0.39, 0.29) is 30.7 Å². The summed E-state index contributed by atoms with van der Waals surface area (Å²) in [5, 5.41) is 0. The van der Waals surface area contributed by atoms with Crippen LogP contribution in [0.4, 0.5) is 0 Å². The van der Waals surface area contributed by atoms with Crippen LogP contribution in [-0.2, 0) is 32.0 Å². The summed E-state index contributed by atoms with van der Waals surface area (Å²) in [6, 6.07) is 17.9. The van der Waals surface area contributed by atoms with Gasteiger partial charge in [0, 0.05) is 7.11 Å². The predicted octanol–water partition coefficient (Wildman–Crippen LogP) is 3.54. The molecule has 1 aliphatic rings. The maximum Gasteiger partial charge on any atom is 0.308 e. The first-order valence-electron chi connectivity index (χ1n) is 9.20. The van der Waals surface area contributed by atoms with Crippen LogP contribution in [0.2, 0.25) is 0 Å². The van der Waals surface area contributed by atoms with E-state index in [0.717, 1.165) is 17.7 Å². The van der Waals surface area contributed by atoms with Gasteiger partial charge in [0.05, 0.1) is 26.2 Å². The van der Waals surface area contributed by atoms with Crippen LogP contribution in [0.25, 0.3) is 0 Å². The van der Waals surface area contributed by atoms with Crippen molar-refractivity contribution in [2.24, 2.45) is 0 Å². The Morgan fingerprint density at radius 2 is 1.74 bits per heavy atom. The number of methoxy groups -OCH3 is 2. The van der Waals surface area contributed by atoms with Crippen LogP contribution in [0.3, 0.4) is 0 Å². The monoisotopic (exact) mass is 370 g/mol. The second kappa shape index (κ2) is 9.53. The van der Waals surface area contributed by atoms with Gasteiger partial charge in [0.1, 0.15) is 18.0 Å². The van der Waals surface area contributed by atoms with Crippen molar-refractivity contribution in [2.45, 2.75) is 44.2 Å². The average molecular weight is 370 g/mol. The van der Waals surface area contributed by atoms with Crippen molar-refractivity contribution in [3.8, 4) is 5.75 Å². The van der Waals surface area contributed by atoms with E-state index in [1.807, 2.05) is 42.5 Å². The van der Waals surface area contributed by atoms with Crippen molar-refractivity contribution in [3.63, 3.8) is 0 Å². The van der Waals surface area contributed by atoms with Gasteiger partial charge in [-0.15, -0.1) is 0 Å². The Labute approximate surface area is 160 Å². The first-order valence-corrected chi connectivity index (χ1v) is 9.20. The fourth-order valence-electron chi connectivity index (χ4n) is 3.33. The lowest BCUT2D eigenvalue weighted by atomic mass is 9.96. The summed E-state index contributed by atoms with van der Waals surface area (Å²) in [5.74, 6) is 0.574. The summed E-state index contributed by atoms with van der Waals surface area (Å²) in [7, 11) is 3.25. The zero-order valence-corrected chi connectivity index (χ0v) is 15.8. The molecule has 0 spiro atoms. The molecule has 0 radical (unpaired) electrons. The number of benzene rings is 2. The number of hydrogen-bond acceptors (Lipinski definition) is 5. The molecule has 0 amide bonds. The highest BCUT2D eigenvalue weighted by molar-refractivity contribution is 5.71. The Morgan fingerprint density at radius 1 is 1.00 bits per heavy atom. The molecular weight excluding hydrogens is 344 g/mol. The lowest BCUT2D eigenvalue weighted by Gasteiger charge is -2.36. The summed E-state index contributed by atoms with van der Waals surface area (Å²) in [6.07, 6.45) is 0.810. The van der Waals surface area contributed by atoms with Crippen LogP contribution in [0, 0.1) is 0 Å². The van der Waals surface area contributed by atoms with Gasteiger partial charge in [-0.25, -0.2) is 0 Å². The summed E-state index contributed by atoms with van der Waals surface area (Å²) >= 11 is 0. The number of esters is 1. The third-order valence-corrected chi connectivity index (χ3v) is 4.85. The summed E-state index contributed by atoms with van der Waals surface area (Å²) in [6.45, 7) is 0.425. The van der Waals surface area contributed by atoms with Crippen LogP contribution < -0.4 is 4.74 Å². The highest BCUT2D eigenvalue weighted by atomic mass is 16.6. The summed E-state index contributed by atoms with van der Waals surface area (Å²) < 4.78 is 22.5. The van der Waals surface area contributed by atoms with E-state index in [9.17, 15) is 4.79 Å². The van der Waals surface area contributed by atoms with Crippen molar-refractivity contribution in [2.75, 3.05) is 14.2 Å². The van der Waals surface area contributed by atoms with Crippen LogP contribution in [0.15, 0.2) is 54.6 Å². The van der Waals surface area contributed by atoms with Gasteiger partial charge >= 0.3 is 5.97 Å². The Hall–Kier alpha value is -2.37. The highest BCUT2D eigenvalue weighted by Gasteiger charge is 2.39. The van der Waals surface area contributed by atoms with Crippen molar-refractivity contribution in [1.29, 1.82) is 0 Å². The van der Waals surface area contributed by atoms with Crippen LogP contribution in [0.5, 0.6) is 5.75 Å². The predicted molar refractivity (Wildman–Crippen MR) is 102 cm³/mol. The number of carbonyl (C=O) groups is 1. The van der Waals surface area contributed by atoms with Gasteiger partial charge in [-0.2, -0.15) is 0 Å². The Kier molecular flexibility index (Phi) is 6.85. The largest absolute Gasteiger partial charge is 0.497 e. The molecule has 5 heteroatoms. The quantitative estimate of drug-likeness (QED) is 0.665. The van der Waals surface area contributed by atoms with E-state index in [1.54, 1.807) is 14.2 Å². The SMILES string of the molecule is COc1ccc(CO[C@@H]2C(OC)CC(=O)O[C@@H]2CCc2ccccc2)cc1. The number of rotatable bonds is 8. The lowest BCUT2D eigenvalue weighted by molar-refractivity contribution is -0.192. The van der Waals surface area contributed by atoms with E-state index in [2.05, 4.69) is 12.1 Å². The number of ether oxygens (including phenoxy) is 4. The summed E-state index contributed by atoms with van der Waals surface area (Å²) in [5.41, 5.74) is 2.24. The minimum atomic E-state index is -0.324. The van der Waals surface area contributed by atoms with Crippen LogP contribution in [0.1, 0.15) is 24.0 Å². The Morgan fingerprint density at radius 3 is 2.41 bits per heavy atom. The van der Waals surface area contributed by atoms with Gasteiger partial charge in [0.25, 0.3) is 0 Å². The first kappa shape index (κ1) is 19.4.